The van der Waals surface area contributed by atoms with Crippen LogP contribution >= 0.6 is 0 Å². The molecule has 5 rings (SSSR count). The van der Waals surface area contributed by atoms with Crippen molar-refractivity contribution < 1.29 is 18.0 Å². The van der Waals surface area contributed by atoms with Gasteiger partial charge < -0.3 is 4.90 Å². The van der Waals surface area contributed by atoms with Crippen molar-refractivity contribution in [1.29, 1.82) is 0 Å². The summed E-state index contributed by atoms with van der Waals surface area (Å²) in [6.07, 6.45) is -4.06. The van der Waals surface area contributed by atoms with Crippen molar-refractivity contribution in [3.05, 3.63) is 64.6 Å². The summed E-state index contributed by atoms with van der Waals surface area (Å²) in [6.45, 7) is 4.22. The molecule has 0 unspecified atom stereocenters. The highest BCUT2D eigenvalue weighted by Crippen LogP contribution is 2.38. The Morgan fingerprint density at radius 2 is 1.85 bits per heavy atom. The molecule has 4 aromatic rings. The van der Waals surface area contributed by atoms with Gasteiger partial charge in [-0.3, -0.25) is 19.1 Å². The van der Waals surface area contributed by atoms with Gasteiger partial charge in [-0.15, -0.1) is 0 Å². The molecule has 1 aliphatic rings. The van der Waals surface area contributed by atoms with Crippen LogP contribution in [0.1, 0.15) is 46.0 Å². The van der Waals surface area contributed by atoms with Crippen LogP contribution in [0.5, 0.6) is 0 Å². The minimum absolute atomic E-state index is 0.124. The molecule has 0 radical (unpaired) electrons. The number of benzene rings is 1. The van der Waals surface area contributed by atoms with Crippen molar-refractivity contribution in [2.75, 3.05) is 6.54 Å². The van der Waals surface area contributed by atoms with E-state index in [0.29, 0.717) is 35.6 Å². The first-order valence-electron chi connectivity index (χ1n) is 10.9. The third-order valence-corrected chi connectivity index (χ3v) is 6.42. The summed E-state index contributed by atoms with van der Waals surface area (Å²) in [4.78, 5) is 19.9. The number of halogens is 3. The molecule has 0 N–H and O–H groups in total. The van der Waals surface area contributed by atoms with E-state index < -0.39 is 11.9 Å². The summed E-state index contributed by atoms with van der Waals surface area (Å²) in [6, 6.07) is 9.98. The zero-order valence-corrected chi connectivity index (χ0v) is 19.2. The maximum absolute atomic E-state index is 13.6. The van der Waals surface area contributed by atoms with Crippen LogP contribution in [0.3, 0.4) is 0 Å². The number of alkyl halides is 3. The molecule has 1 atom stereocenters. The molecule has 10 heteroatoms. The molecule has 176 valence electrons. The maximum Gasteiger partial charge on any atom is 0.435 e. The highest BCUT2D eigenvalue weighted by Gasteiger charge is 2.37. The predicted molar refractivity (Wildman–Crippen MR) is 120 cm³/mol. The van der Waals surface area contributed by atoms with E-state index in [1.165, 1.54) is 11.7 Å². The van der Waals surface area contributed by atoms with Gasteiger partial charge in [-0.25, -0.2) is 0 Å². The first kappa shape index (κ1) is 22.1. The van der Waals surface area contributed by atoms with E-state index >= 15 is 0 Å². The van der Waals surface area contributed by atoms with Crippen molar-refractivity contribution >= 4 is 16.8 Å². The standard InChI is InChI=1S/C24H23F3N6O/c1-13-8-9-15-16(6-5-7-18(15)28-13)23(34)33-11-10-17-21(14(33)2)30-32(4)22(17)19-12-20(24(25,26)27)29-31(19)3/h5-9,12,14H,10-11H2,1-4H3/t14-/m0/s1. The molecular weight excluding hydrogens is 445 g/mol. The molecule has 4 heterocycles. The van der Waals surface area contributed by atoms with E-state index in [-0.39, 0.29) is 11.9 Å². The maximum atomic E-state index is 13.6. The molecule has 0 saturated carbocycles. The van der Waals surface area contributed by atoms with E-state index in [1.54, 1.807) is 22.7 Å². The summed E-state index contributed by atoms with van der Waals surface area (Å²) in [5.41, 5.74) is 3.70. The Bertz CT molecular complexity index is 1430. The number of rotatable bonds is 2. The number of pyridine rings is 1. The fourth-order valence-corrected chi connectivity index (χ4v) is 4.77. The summed E-state index contributed by atoms with van der Waals surface area (Å²) >= 11 is 0. The van der Waals surface area contributed by atoms with Crippen molar-refractivity contribution in [2.45, 2.75) is 32.5 Å². The second kappa shape index (κ2) is 7.68. The lowest BCUT2D eigenvalue weighted by molar-refractivity contribution is -0.141. The Hall–Kier alpha value is -3.69. The molecule has 3 aromatic heterocycles. The third kappa shape index (κ3) is 3.44. The average molecular weight is 468 g/mol. The van der Waals surface area contributed by atoms with Crippen LogP contribution in [0.4, 0.5) is 13.2 Å². The Balaban J connectivity index is 1.53. The van der Waals surface area contributed by atoms with Crippen LogP contribution in [-0.2, 0) is 26.7 Å². The minimum Gasteiger partial charge on any atom is -0.330 e. The topological polar surface area (TPSA) is 68.8 Å². The summed E-state index contributed by atoms with van der Waals surface area (Å²) in [5.74, 6) is -0.124. The Morgan fingerprint density at radius 1 is 1.09 bits per heavy atom. The zero-order chi connectivity index (χ0) is 24.4. The average Bonchev–Trinajstić information content (AvgIpc) is 3.32. The summed E-state index contributed by atoms with van der Waals surface area (Å²) in [5, 5.41) is 9.04. The van der Waals surface area contributed by atoms with E-state index in [4.69, 9.17) is 0 Å². The predicted octanol–water partition coefficient (Wildman–Crippen LogP) is 4.46. The van der Waals surface area contributed by atoms with Crippen molar-refractivity contribution in [2.24, 2.45) is 14.1 Å². The fourth-order valence-electron chi connectivity index (χ4n) is 4.77. The number of hydrogen-bond donors (Lipinski definition) is 0. The molecule has 7 nitrogen and oxygen atoms in total. The van der Waals surface area contributed by atoms with Gasteiger partial charge in [0.05, 0.1) is 28.6 Å². The van der Waals surface area contributed by atoms with Gasteiger partial charge >= 0.3 is 6.18 Å². The third-order valence-electron chi connectivity index (χ3n) is 6.42. The number of fused-ring (bicyclic) bond motifs is 2. The molecule has 0 saturated heterocycles. The second-order valence-electron chi connectivity index (χ2n) is 8.62. The Morgan fingerprint density at radius 3 is 2.56 bits per heavy atom. The largest absolute Gasteiger partial charge is 0.435 e. The van der Waals surface area contributed by atoms with Gasteiger partial charge in [0.1, 0.15) is 0 Å². The molecule has 1 aliphatic heterocycles. The van der Waals surface area contributed by atoms with Crippen LogP contribution < -0.4 is 0 Å². The number of hydrogen-bond acceptors (Lipinski definition) is 4. The van der Waals surface area contributed by atoms with Crippen LogP contribution in [0.15, 0.2) is 36.4 Å². The van der Waals surface area contributed by atoms with E-state index in [1.807, 2.05) is 38.1 Å². The molecule has 0 fully saturated rings. The molecule has 0 spiro atoms. The Labute approximate surface area is 193 Å². The Kier molecular flexibility index (Phi) is 5.00. The molecule has 0 aliphatic carbocycles. The summed E-state index contributed by atoms with van der Waals surface area (Å²) < 4.78 is 42.4. The quantitative estimate of drug-likeness (QED) is 0.436. The minimum atomic E-state index is -4.53. The van der Waals surface area contributed by atoms with Gasteiger partial charge in [0.25, 0.3) is 5.91 Å². The van der Waals surface area contributed by atoms with Gasteiger partial charge in [0.15, 0.2) is 5.69 Å². The van der Waals surface area contributed by atoms with Gasteiger partial charge in [-0.1, -0.05) is 12.1 Å². The van der Waals surface area contributed by atoms with Gasteiger partial charge in [-0.2, -0.15) is 23.4 Å². The van der Waals surface area contributed by atoms with E-state index in [0.717, 1.165) is 28.2 Å². The van der Waals surface area contributed by atoms with E-state index in [9.17, 15) is 18.0 Å². The number of aromatic nitrogens is 5. The van der Waals surface area contributed by atoms with E-state index in [2.05, 4.69) is 15.2 Å². The molecule has 1 amide bonds. The zero-order valence-electron chi connectivity index (χ0n) is 19.2. The SMILES string of the molecule is Cc1ccc2c(C(=O)N3CCc4c(nn(C)c4-c4cc(C(F)(F)F)nn4C)[C@@H]3C)cccc2n1. The smallest absolute Gasteiger partial charge is 0.330 e. The van der Waals surface area contributed by atoms with Gasteiger partial charge in [0.2, 0.25) is 0 Å². The lowest BCUT2D eigenvalue weighted by Crippen LogP contribution is -2.39. The number of aryl methyl sites for hydroxylation is 3. The fraction of sp³-hybridized carbons (Fsp3) is 0.333. The van der Waals surface area contributed by atoms with Crippen molar-refractivity contribution in [1.82, 2.24) is 29.4 Å². The molecule has 1 aromatic carbocycles. The highest BCUT2D eigenvalue weighted by molar-refractivity contribution is 6.06. The number of carbonyl (C=O) groups is 1. The van der Waals surface area contributed by atoms with Gasteiger partial charge in [-0.05, 0) is 44.5 Å². The number of amides is 1. The normalized spacial score (nSPS) is 16.2. The monoisotopic (exact) mass is 468 g/mol. The van der Waals surface area contributed by atoms with Crippen LogP contribution in [0.2, 0.25) is 0 Å². The first-order chi connectivity index (χ1) is 16.1. The second-order valence-corrected chi connectivity index (χ2v) is 8.62. The van der Waals surface area contributed by atoms with Gasteiger partial charge in [0, 0.05) is 42.8 Å². The highest BCUT2D eigenvalue weighted by atomic mass is 19.4. The lowest BCUT2D eigenvalue weighted by Gasteiger charge is -2.33. The van der Waals surface area contributed by atoms with Crippen molar-refractivity contribution in [3.63, 3.8) is 0 Å². The number of carbonyl (C=O) groups excluding carboxylic acids is 1. The molecule has 0 bridgehead atoms. The first-order valence-corrected chi connectivity index (χ1v) is 10.9. The van der Waals surface area contributed by atoms with Crippen LogP contribution in [-0.4, -0.2) is 41.9 Å². The lowest BCUT2D eigenvalue weighted by atomic mass is 9.96. The molecular formula is C24H23F3N6O. The number of nitrogens with zero attached hydrogens (tertiary/aromatic N) is 6. The van der Waals surface area contributed by atoms with Crippen LogP contribution in [0, 0.1) is 6.92 Å². The van der Waals surface area contributed by atoms with Crippen LogP contribution in [0.25, 0.3) is 22.3 Å². The van der Waals surface area contributed by atoms with Crippen molar-refractivity contribution in [3.8, 4) is 11.4 Å². The molecule has 34 heavy (non-hydrogen) atoms. The summed E-state index contributed by atoms with van der Waals surface area (Å²) in [7, 11) is 3.19.